The van der Waals surface area contributed by atoms with Crippen molar-refractivity contribution in [2.45, 2.75) is 0 Å². The molecule has 2 heterocycles. The zero-order valence-corrected chi connectivity index (χ0v) is 10.2. The Balaban J connectivity index is 2.19. The van der Waals surface area contributed by atoms with Crippen LogP contribution >= 0.6 is 0 Å². The van der Waals surface area contributed by atoms with E-state index in [0.717, 1.165) is 11.1 Å². The van der Waals surface area contributed by atoms with Gasteiger partial charge in [0.25, 0.3) is 5.69 Å². The fourth-order valence-electron chi connectivity index (χ4n) is 2.07. The molecular formula is C14H8N4O2. The van der Waals surface area contributed by atoms with E-state index in [1.807, 2.05) is 6.07 Å². The molecule has 2 aromatic heterocycles. The smallest absolute Gasteiger partial charge is 0.296 e. The predicted octanol–water partition coefficient (Wildman–Crippen LogP) is 3.01. The monoisotopic (exact) mass is 264 g/mol. The summed E-state index contributed by atoms with van der Waals surface area (Å²) >= 11 is 0. The fraction of sp³-hybridized carbons (Fsp3) is 0. The molecule has 1 aromatic carbocycles. The third-order valence-corrected chi connectivity index (χ3v) is 3.03. The van der Waals surface area contributed by atoms with Crippen LogP contribution in [0.3, 0.4) is 0 Å². The Kier molecular flexibility index (Phi) is 2.66. The molecule has 6 nitrogen and oxygen atoms in total. The lowest BCUT2D eigenvalue weighted by atomic mass is 10.0. The molecule has 96 valence electrons. The average molecular weight is 264 g/mol. The van der Waals surface area contributed by atoms with Gasteiger partial charge in [-0.25, -0.2) is 4.98 Å². The van der Waals surface area contributed by atoms with Gasteiger partial charge in [-0.1, -0.05) is 12.1 Å². The number of rotatable bonds is 2. The van der Waals surface area contributed by atoms with E-state index in [9.17, 15) is 10.1 Å². The van der Waals surface area contributed by atoms with Crippen molar-refractivity contribution in [1.82, 2.24) is 9.97 Å². The van der Waals surface area contributed by atoms with Crippen LogP contribution in [0.15, 0.2) is 42.7 Å². The highest BCUT2D eigenvalue weighted by Gasteiger charge is 2.15. The minimum absolute atomic E-state index is 0.00853. The third kappa shape index (κ3) is 1.87. The number of hydrogen-bond acceptors (Lipinski definition) is 4. The van der Waals surface area contributed by atoms with Gasteiger partial charge in [-0.05, 0) is 23.8 Å². The normalized spacial score (nSPS) is 10.3. The second kappa shape index (κ2) is 4.48. The summed E-state index contributed by atoms with van der Waals surface area (Å²) in [6.45, 7) is 0. The van der Waals surface area contributed by atoms with Crippen LogP contribution in [-0.4, -0.2) is 14.9 Å². The van der Waals surface area contributed by atoms with Crippen LogP contribution in [0.1, 0.15) is 5.56 Å². The van der Waals surface area contributed by atoms with Gasteiger partial charge in [-0.3, -0.25) is 10.1 Å². The van der Waals surface area contributed by atoms with E-state index < -0.39 is 4.92 Å². The molecule has 0 saturated heterocycles. The molecule has 0 aliphatic rings. The van der Waals surface area contributed by atoms with Crippen LogP contribution in [-0.2, 0) is 0 Å². The lowest BCUT2D eigenvalue weighted by Crippen LogP contribution is -1.87. The van der Waals surface area contributed by atoms with Crippen LogP contribution in [0.2, 0.25) is 0 Å². The number of aromatic amines is 1. The molecule has 0 unspecified atom stereocenters. The Hall–Kier alpha value is -3.20. The van der Waals surface area contributed by atoms with E-state index in [1.165, 1.54) is 6.20 Å². The number of hydrogen-bond donors (Lipinski definition) is 1. The lowest BCUT2D eigenvalue weighted by Gasteiger charge is -2.01. The number of fused-ring (bicyclic) bond motifs is 1. The van der Waals surface area contributed by atoms with E-state index in [0.29, 0.717) is 16.6 Å². The van der Waals surface area contributed by atoms with Crippen molar-refractivity contribution in [3.05, 3.63) is 58.4 Å². The molecule has 3 rings (SSSR count). The zero-order valence-electron chi connectivity index (χ0n) is 10.2. The molecular weight excluding hydrogens is 256 g/mol. The first kappa shape index (κ1) is 11.9. The molecule has 3 aromatic rings. The zero-order chi connectivity index (χ0) is 14.1. The minimum atomic E-state index is -0.448. The van der Waals surface area contributed by atoms with Crippen molar-refractivity contribution in [1.29, 1.82) is 5.26 Å². The number of aromatic nitrogens is 2. The minimum Gasteiger partial charge on any atom is -0.340 e. The highest BCUT2D eigenvalue weighted by Crippen LogP contribution is 2.28. The van der Waals surface area contributed by atoms with Gasteiger partial charge in [0.05, 0.1) is 28.1 Å². The number of benzene rings is 1. The van der Waals surface area contributed by atoms with Crippen molar-refractivity contribution in [3.8, 4) is 17.2 Å². The molecule has 0 saturated carbocycles. The van der Waals surface area contributed by atoms with Crippen LogP contribution in [0.25, 0.3) is 22.2 Å². The molecule has 0 aliphatic heterocycles. The highest BCUT2D eigenvalue weighted by molar-refractivity contribution is 5.89. The molecule has 0 spiro atoms. The molecule has 0 bridgehead atoms. The Labute approximate surface area is 113 Å². The largest absolute Gasteiger partial charge is 0.340 e. The Morgan fingerprint density at radius 3 is 2.90 bits per heavy atom. The number of nitriles is 1. The molecule has 0 fully saturated rings. The van der Waals surface area contributed by atoms with Gasteiger partial charge < -0.3 is 4.98 Å². The Morgan fingerprint density at radius 1 is 1.30 bits per heavy atom. The second-order valence-corrected chi connectivity index (χ2v) is 4.24. The number of pyridine rings is 1. The van der Waals surface area contributed by atoms with E-state index in [-0.39, 0.29) is 5.69 Å². The summed E-state index contributed by atoms with van der Waals surface area (Å²) in [7, 11) is 0. The molecule has 20 heavy (non-hydrogen) atoms. The maximum absolute atomic E-state index is 10.9. The van der Waals surface area contributed by atoms with Crippen molar-refractivity contribution in [3.63, 3.8) is 0 Å². The Bertz CT molecular complexity index is 861. The van der Waals surface area contributed by atoms with Crippen molar-refractivity contribution < 1.29 is 4.92 Å². The maximum atomic E-state index is 10.9. The topological polar surface area (TPSA) is 95.6 Å². The first-order chi connectivity index (χ1) is 9.69. The molecule has 0 amide bonds. The summed E-state index contributed by atoms with van der Waals surface area (Å²) in [5.41, 5.74) is 2.53. The van der Waals surface area contributed by atoms with Gasteiger partial charge in [-0.15, -0.1) is 0 Å². The summed E-state index contributed by atoms with van der Waals surface area (Å²) in [5, 5.41) is 20.3. The first-order valence-electron chi connectivity index (χ1n) is 5.81. The van der Waals surface area contributed by atoms with Crippen molar-refractivity contribution >= 4 is 16.7 Å². The summed E-state index contributed by atoms with van der Waals surface area (Å²) in [6.07, 6.45) is 2.95. The summed E-state index contributed by atoms with van der Waals surface area (Å²) in [6, 6.07) is 10.8. The van der Waals surface area contributed by atoms with E-state index in [1.54, 1.807) is 30.5 Å². The fourth-order valence-corrected chi connectivity index (χ4v) is 2.07. The van der Waals surface area contributed by atoms with E-state index in [2.05, 4.69) is 16.0 Å². The van der Waals surface area contributed by atoms with Gasteiger partial charge in [-0.2, -0.15) is 5.26 Å². The number of H-pyrrole nitrogens is 1. The first-order valence-corrected chi connectivity index (χ1v) is 5.81. The van der Waals surface area contributed by atoms with E-state index in [4.69, 9.17) is 5.26 Å². The highest BCUT2D eigenvalue weighted by atomic mass is 16.6. The van der Waals surface area contributed by atoms with Crippen molar-refractivity contribution in [2.75, 3.05) is 0 Å². The van der Waals surface area contributed by atoms with Crippen molar-refractivity contribution in [2.24, 2.45) is 0 Å². The molecule has 0 atom stereocenters. The maximum Gasteiger partial charge on any atom is 0.296 e. The summed E-state index contributed by atoms with van der Waals surface area (Å²) in [5.74, 6) is 0. The number of nitro groups is 1. The number of nitrogens with one attached hydrogen (secondary N) is 1. The Morgan fingerprint density at radius 2 is 2.15 bits per heavy atom. The van der Waals surface area contributed by atoms with Crippen LogP contribution < -0.4 is 0 Å². The SMILES string of the molecule is N#Cc1cccc(-c2cnc3[nH]cc([N+](=O)[O-])c3c2)c1. The molecule has 6 heteroatoms. The average Bonchev–Trinajstić information content (AvgIpc) is 2.90. The molecule has 0 radical (unpaired) electrons. The van der Waals surface area contributed by atoms with Gasteiger partial charge in [0.15, 0.2) is 0 Å². The predicted molar refractivity (Wildman–Crippen MR) is 72.9 cm³/mol. The van der Waals surface area contributed by atoms with Gasteiger partial charge in [0.1, 0.15) is 5.65 Å². The summed E-state index contributed by atoms with van der Waals surface area (Å²) < 4.78 is 0. The standard InChI is InChI=1S/C14H8N4O2/c15-6-9-2-1-3-10(4-9)11-5-12-13(18(19)20)8-17-14(12)16-7-11/h1-5,7-8H,(H,16,17). The van der Waals surface area contributed by atoms with Gasteiger partial charge in [0, 0.05) is 11.8 Å². The molecule has 0 aliphatic carbocycles. The lowest BCUT2D eigenvalue weighted by molar-refractivity contribution is -0.383. The van der Waals surface area contributed by atoms with Gasteiger partial charge in [0.2, 0.25) is 0 Å². The van der Waals surface area contributed by atoms with Crippen LogP contribution in [0.4, 0.5) is 5.69 Å². The van der Waals surface area contributed by atoms with Crippen LogP contribution in [0.5, 0.6) is 0 Å². The quantitative estimate of drug-likeness (QED) is 0.568. The molecule has 1 N–H and O–H groups in total. The summed E-state index contributed by atoms with van der Waals surface area (Å²) in [4.78, 5) is 17.4. The van der Waals surface area contributed by atoms with E-state index >= 15 is 0 Å². The second-order valence-electron chi connectivity index (χ2n) is 4.24. The van der Waals surface area contributed by atoms with Gasteiger partial charge >= 0.3 is 0 Å². The third-order valence-electron chi connectivity index (χ3n) is 3.03. The van der Waals surface area contributed by atoms with Crippen LogP contribution in [0, 0.1) is 21.4 Å². The number of nitrogens with zero attached hydrogens (tertiary/aromatic N) is 3.